The molecule has 1 aliphatic carbocycles. The molecular formula is C13H17NO2. The molecule has 0 aliphatic heterocycles. The van der Waals surface area contributed by atoms with Gasteiger partial charge in [-0.2, -0.15) is 0 Å². The van der Waals surface area contributed by atoms with Crippen molar-refractivity contribution in [2.45, 2.75) is 25.3 Å². The van der Waals surface area contributed by atoms with E-state index in [2.05, 4.69) is 0 Å². The number of rotatable bonds is 3. The predicted octanol–water partition coefficient (Wildman–Crippen LogP) is 2.16. The molecule has 86 valence electrons. The van der Waals surface area contributed by atoms with Crippen molar-refractivity contribution in [2.75, 3.05) is 14.2 Å². The Balaban J connectivity index is 2.26. The summed E-state index contributed by atoms with van der Waals surface area (Å²) < 4.78 is 5.13. The van der Waals surface area contributed by atoms with Crippen molar-refractivity contribution in [1.82, 2.24) is 4.90 Å². The van der Waals surface area contributed by atoms with Gasteiger partial charge in [0.15, 0.2) is 0 Å². The molecule has 1 fully saturated rings. The van der Waals surface area contributed by atoms with E-state index in [-0.39, 0.29) is 11.4 Å². The van der Waals surface area contributed by atoms with Crippen molar-refractivity contribution in [3.05, 3.63) is 29.8 Å². The number of carbonyl (C=O) groups is 1. The average molecular weight is 219 g/mol. The van der Waals surface area contributed by atoms with Crippen LogP contribution >= 0.6 is 0 Å². The van der Waals surface area contributed by atoms with Crippen molar-refractivity contribution in [1.29, 1.82) is 0 Å². The van der Waals surface area contributed by atoms with Gasteiger partial charge in [0.05, 0.1) is 12.6 Å². The average Bonchev–Trinajstić information content (AvgIpc) is 3.09. The summed E-state index contributed by atoms with van der Waals surface area (Å²) in [5.74, 6) is 0.971. The van der Waals surface area contributed by atoms with Crippen molar-refractivity contribution >= 4 is 5.91 Å². The first kappa shape index (κ1) is 11.0. The Hall–Kier alpha value is -1.51. The highest BCUT2D eigenvalue weighted by Crippen LogP contribution is 2.50. The lowest BCUT2D eigenvalue weighted by Crippen LogP contribution is -2.35. The number of hydrogen-bond donors (Lipinski definition) is 0. The summed E-state index contributed by atoms with van der Waals surface area (Å²) in [7, 11) is 3.53. The summed E-state index contributed by atoms with van der Waals surface area (Å²) in [6.07, 6.45) is 2.10. The summed E-state index contributed by atoms with van der Waals surface area (Å²) >= 11 is 0. The Labute approximate surface area is 96.0 Å². The molecule has 0 spiro atoms. The number of amides is 1. The van der Waals surface area contributed by atoms with Gasteiger partial charge in [-0.1, -0.05) is 12.1 Å². The molecule has 2 rings (SSSR count). The molecule has 3 nitrogen and oxygen atoms in total. The van der Waals surface area contributed by atoms with E-state index >= 15 is 0 Å². The van der Waals surface area contributed by atoms with E-state index in [0.717, 1.165) is 18.6 Å². The van der Waals surface area contributed by atoms with Crippen LogP contribution in [0.4, 0.5) is 0 Å². The van der Waals surface area contributed by atoms with Gasteiger partial charge in [0.1, 0.15) is 5.75 Å². The monoisotopic (exact) mass is 219 g/mol. The summed E-state index contributed by atoms with van der Waals surface area (Å²) in [6, 6.07) is 7.99. The van der Waals surface area contributed by atoms with Gasteiger partial charge < -0.3 is 9.64 Å². The lowest BCUT2D eigenvalue weighted by Gasteiger charge is -2.27. The summed E-state index contributed by atoms with van der Waals surface area (Å²) in [6.45, 7) is 1.61. The van der Waals surface area contributed by atoms with E-state index < -0.39 is 0 Å². The smallest absolute Gasteiger partial charge is 0.219 e. The molecule has 0 radical (unpaired) electrons. The summed E-state index contributed by atoms with van der Waals surface area (Å²) in [5.41, 5.74) is 1.14. The number of ether oxygens (including phenoxy) is 1. The zero-order chi connectivity index (χ0) is 11.8. The fourth-order valence-corrected chi connectivity index (χ4v) is 2.14. The van der Waals surface area contributed by atoms with Gasteiger partial charge in [-0.15, -0.1) is 0 Å². The predicted molar refractivity (Wildman–Crippen MR) is 62.4 cm³/mol. The maximum absolute atomic E-state index is 11.4. The molecule has 0 aromatic heterocycles. The van der Waals surface area contributed by atoms with Gasteiger partial charge in [-0.25, -0.2) is 0 Å². The highest BCUT2D eigenvalue weighted by Gasteiger charge is 2.49. The molecule has 1 saturated carbocycles. The molecule has 0 saturated heterocycles. The van der Waals surface area contributed by atoms with Crippen LogP contribution in [0.5, 0.6) is 5.75 Å². The second kappa shape index (κ2) is 3.81. The molecule has 1 aromatic carbocycles. The lowest BCUT2D eigenvalue weighted by molar-refractivity contribution is -0.130. The Morgan fingerprint density at radius 1 is 1.31 bits per heavy atom. The van der Waals surface area contributed by atoms with Crippen LogP contribution in [0.25, 0.3) is 0 Å². The largest absolute Gasteiger partial charge is 0.497 e. The molecule has 1 aliphatic rings. The molecule has 1 amide bonds. The van der Waals surface area contributed by atoms with Gasteiger partial charge in [0, 0.05) is 14.0 Å². The van der Waals surface area contributed by atoms with E-state index in [4.69, 9.17) is 4.74 Å². The SMILES string of the molecule is COc1ccc(C2(N(C)C(C)=O)CC2)cc1. The Kier molecular flexibility index (Phi) is 2.62. The number of nitrogens with zero attached hydrogens (tertiary/aromatic N) is 1. The first-order valence-corrected chi connectivity index (χ1v) is 5.49. The van der Waals surface area contributed by atoms with Gasteiger partial charge in [0.2, 0.25) is 5.91 Å². The number of methoxy groups -OCH3 is 1. The van der Waals surface area contributed by atoms with Crippen molar-refractivity contribution in [3.8, 4) is 5.75 Å². The second-order valence-corrected chi connectivity index (χ2v) is 4.34. The van der Waals surface area contributed by atoms with E-state index in [0.29, 0.717) is 0 Å². The Morgan fingerprint density at radius 3 is 2.25 bits per heavy atom. The van der Waals surface area contributed by atoms with Gasteiger partial charge in [-0.05, 0) is 30.5 Å². The quantitative estimate of drug-likeness (QED) is 0.779. The highest BCUT2D eigenvalue weighted by molar-refractivity contribution is 5.74. The minimum Gasteiger partial charge on any atom is -0.497 e. The molecule has 0 atom stereocenters. The summed E-state index contributed by atoms with van der Waals surface area (Å²) in [4.78, 5) is 13.3. The lowest BCUT2D eigenvalue weighted by atomic mass is 10.0. The van der Waals surface area contributed by atoms with Gasteiger partial charge in [0.25, 0.3) is 0 Å². The minimum absolute atomic E-state index is 0.0574. The molecule has 1 aromatic rings. The van der Waals surface area contributed by atoms with Crippen LogP contribution in [-0.4, -0.2) is 25.0 Å². The fraction of sp³-hybridized carbons (Fsp3) is 0.462. The van der Waals surface area contributed by atoms with E-state index in [1.165, 1.54) is 5.56 Å². The number of benzene rings is 1. The van der Waals surface area contributed by atoms with Crippen molar-refractivity contribution in [2.24, 2.45) is 0 Å². The third-order valence-corrected chi connectivity index (χ3v) is 3.47. The van der Waals surface area contributed by atoms with Crippen LogP contribution in [0.1, 0.15) is 25.3 Å². The molecule has 3 heteroatoms. The molecule has 0 bridgehead atoms. The first-order chi connectivity index (χ1) is 7.60. The minimum atomic E-state index is -0.0574. The summed E-state index contributed by atoms with van der Waals surface area (Å²) in [5, 5.41) is 0. The van der Waals surface area contributed by atoms with E-state index in [1.54, 1.807) is 14.0 Å². The maximum atomic E-state index is 11.4. The zero-order valence-electron chi connectivity index (χ0n) is 9.99. The second-order valence-electron chi connectivity index (χ2n) is 4.34. The molecule has 0 heterocycles. The number of carbonyl (C=O) groups excluding carboxylic acids is 1. The van der Waals surface area contributed by atoms with Crippen LogP contribution in [0, 0.1) is 0 Å². The molecular weight excluding hydrogens is 202 g/mol. The van der Waals surface area contributed by atoms with Gasteiger partial charge in [-0.3, -0.25) is 4.79 Å². The zero-order valence-corrected chi connectivity index (χ0v) is 9.99. The van der Waals surface area contributed by atoms with E-state index in [1.807, 2.05) is 36.2 Å². The Bertz CT molecular complexity index is 393. The number of hydrogen-bond acceptors (Lipinski definition) is 2. The molecule has 0 unspecified atom stereocenters. The standard InChI is InChI=1S/C13H17NO2/c1-10(15)14(2)13(8-9-13)11-4-6-12(16-3)7-5-11/h4-7H,8-9H2,1-3H3. The highest BCUT2D eigenvalue weighted by atomic mass is 16.5. The fourth-order valence-electron chi connectivity index (χ4n) is 2.14. The van der Waals surface area contributed by atoms with Crippen molar-refractivity contribution < 1.29 is 9.53 Å². The third kappa shape index (κ3) is 1.66. The molecule has 0 N–H and O–H groups in total. The van der Waals surface area contributed by atoms with E-state index in [9.17, 15) is 4.79 Å². The molecule has 16 heavy (non-hydrogen) atoms. The van der Waals surface area contributed by atoms with Gasteiger partial charge >= 0.3 is 0 Å². The third-order valence-electron chi connectivity index (χ3n) is 3.47. The van der Waals surface area contributed by atoms with Crippen molar-refractivity contribution in [3.63, 3.8) is 0 Å². The van der Waals surface area contributed by atoms with Crippen LogP contribution in [0.15, 0.2) is 24.3 Å². The van der Waals surface area contributed by atoms with Crippen LogP contribution in [0.2, 0.25) is 0 Å². The van der Waals surface area contributed by atoms with Crippen LogP contribution in [-0.2, 0) is 10.3 Å². The van der Waals surface area contributed by atoms with Crippen LogP contribution in [0.3, 0.4) is 0 Å². The normalized spacial score (nSPS) is 16.7. The van der Waals surface area contributed by atoms with Crippen LogP contribution < -0.4 is 4.74 Å². The maximum Gasteiger partial charge on any atom is 0.219 e. The topological polar surface area (TPSA) is 29.5 Å². The first-order valence-electron chi connectivity index (χ1n) is 5.49. The Morgan fingerprint density at radius 2 is 1.88 bits per heavy atom.